The van der Waals surface area contributed by atoms with E-state index in [0.29, 0.717) is 30.0 Å². The van der Waals surface area contributed by atoms with Crippen molar-refractivity contribution >= 4 is 17.6 Å². The van der Waals surface area contributed by atoms with Crippen molar-refractivity contribution in [3.8, 4) is 11.8 Å². The number of carbonyl (C=O) groups excluding carboxylic acids is 1. The number of nitrogens with zero attached hydrogens (tertiary/aromatic N) is 1. The maximum Gasteiger partial charge on any atom is 0.407 e. The minimum atomic E-state index is -0.497. The van der Waals surface area contributed by atoms with E-state index in [-0.39, 0.29) is 0 Å². The summed E-state index contributed by atoms with van der Waals surface area (Å²) in [6, 6.07) is 1.66. The number of nitrogens with one attached hydrogen (secondary N) is 1. The molecule has 0 atom stereocenters. The lowest BCUT2D eigenvalue weighted by Gasteiger charge is -2.19. The van der Waals surface area contributed by atoms with Crippen molar-refractivity contribution in [1.29, 1.82) is 0 Å². The minimum Gasteiger partial charge on any atom is -0.444 e. The molecule has 0 unspecified atom stereocenters. The normalized spacial score (nSPS) is 10.3. The maximum absolute atomic E-state index is 11.4. The number of nitrogen functional groups attached to an aromatic ring is 2. The Morgan fingerprint density at radius 1 is 1.45 bits per heavy atom. The molecule has 0 fully saturated rings. The van der Waals surface area contributed by atoms with Crippen molar-refractivity contribution in [3.05, 3.63) is 17.8 Å². The van der Waals surface area contributed by atoms with Gasteiger partial charge in [-0.25, -0.2) is 9.78 Å². The van der Waals surface area contributed by atoms with Gasteiger partial charge in [0.1, 0.15) is 11.4 Å². The van der Waals surface area contributed by atoms with Gasteiger partial charge >= 0.3 is 6.09 Å². The van der Waals surface area contributed by atoms with Crippen molar-refractivity contribution < 1.29 is 9.53 Å². The van der Waals surface area contributed by atoms with Gasteiger partial charge in [0, 0.05) is 24.7 Å². The highest BCUT2D eigenvalue weighted by Crippen LogP contribution is 2.11. The Hall–Kier alpha value is -2.42. The monoisotopic (exact) mass is 276 g/mol. The Morgan fingerprint density at radius 2 is 2.15 bits per heavy atom. The van der Waals surface area contributed by atoms with Crippen LogP contribution in [0.25, 0.3) is 0 Å². The summed E-state index contributed by atoms with van der Waals surface area (Å²) < 4.78 is 5.09. The molecule has 0 aliphatic rings. The molecule has 1 rings (SSSR count). The summed E-state index contributed by atoms with van der Waals surface area (Å²) in [6.45, 7) is 5.85. The number of hydrogen-bond donors (Lipinski definition) is 3. The molecule has 0 saturated heterocycles. The number of amides is 1. The Morgan fingerprint density at radius 3 is 2.75 bits per heavy atom. The lowest BCUT2D eigenvalue weighted by molar-refractivity contribution is 0.0529. The summed E-state index contributed by atoms with van der Waals surface area (Å²) in [6.07, 6.45) is 1.61. The number of rotatable bonds is 2. The third kappa shape index (κ3) is 5.96. The number of carbonyl (C=O) groups is 1. The van der Waals surface area contributed by atoms with Crippen LogP contribution in [0.3, 0.4) is 0 Å². The first kappa shape index (κ1) is 15.6. The van der Waals surface area contributed by atoms with Gasteiger partial charge in [0.15, 0.2) is 0 Å². The minimum absolute atomic E-state index is 0.294. The molecule has 0 aliphatic carbocycles. The molecule has 5 N–H and O–H groups in total. The lowest BCUT2D eigenvalue weighted by atomic mass is 10.2. The van der Waals surface area contributed by atoms with E-state index in [2.05, 4.69) is 22.1 Å². The topological polar surface area (TPSA) is 103 Å². The number of anilines is 2. The molecule has 108 valence electrons. The van der Waals surface area contributed by atoms with Crippen molar-refractivity contribution in [2.45, 2.75) is 32.8 Å². The molecule has 6 nitrogen and oxygen atoms in total. The highest BCUT2D eigenvalue weighted by atomic mass is 16.6. The zero-order chi connectivity index (χ0) is 15.2. The third-order valence-corrected chi connectivity index (χ3v) is 2.10. The second-order valence-corrected chi connectivity index (χ2v) is 5.18. The molecule has 20 heavy (non-hydrogen) atoms. The first-order valence-electron chi connectivity index (χ1n) is 6.24. The zero-order valence-corrected chi connectivity index (χ0v) is 12.0. The predicted molar refractivity (Wildman–Crippen MR) is 78.8 cm³/mol. The van der Waals surface area contributed by atoms with Gasteiger partial charge in [-0.3, -0.25) is 0 Å². The average Bonchev–Trinajstić information content (AvgIpc) is 2.31. The van der Waals surface area contributed by atoms with Crippen LogP contribution >= 0.6 is 0 Å². The molecule has 0 bridgehead atoms. The van der Waals surface area contributed by atoms with Gasteiger partial charge in [-0.2, -0.15) is 0 Å². The molecule has 1 aromatic heterocycles. The third-order valence-electron chi connectivity index (χ3n) is 2.10. The van der Waals surface area contributed by atoms with Crippen LogP contribution in [-0.4, -0.2) is 23.2 Å². The van der Waals surface area contributed by atoms with Gasteiger partial charge in [0.2, 0.25) is 0 Å². The van der Waals surface area contributed by atoms with Crippen molar-refractivity contribution in [2.75, 3.05) is 18.0 Å². The van der Waals surface area contributed by atoms with Crippen LogP contribution in [-0.2, 0) is 4.74 Å². The Balaban J connectivity index is 2.36. The van der Waals surface area contributed by atoms with Gasteiger partial charge in [0.25, 0.3) is 0 Å². The maximum atomic E-state index is 11.4. The summed E-state index contributed by atoms with van der Waals surface area (Å²) in [7, 11) is 0. The van der Waals surface area contributed by atoms with Gasteiger partial charge in [-0.05, 0) is 26.8 Å². The van der Waals surface area contributed by atoms with E-state index < -0.39 is 11.7 Å². The van der Waals surface area contributed by atoms with Crippen LogP contribution in [0.4, 0.5) is 16.3 Å². The van der Waals surface area contributed by atoms with Crippen LogP contribution in [0.5, 0.6) is 0 Å². The van der Waals surface area contributed by atoms with E-state index in [1.54, 1.807) is 12.3 Å². The van der Waals surface area contributed by atoms with E-state index in [4.69, 9.17) is 16.2 Å². The number of hydrogen-bond acceptors (Lipinski definition) is 5. The molecule has 1 aromatic rings. The summed E-state index contributed by atoms with van der Waals surface area (Å²) in [5, 5.41) is 2.62. The van der Waals surface area contributed by atoms with Crippen LogP contribution in [0, 0.1) is 11.8 Å². The Labute approximate surface area is 118 Å². The molecule has 0 spiro atoms. The van der Waals surface area contributed by atoms with Crippen LogP contribution in [0.2, 0.25) is 0 Å². The van der Waals surface area contributed by atoms with E-state index in [1.165, 1.54) is 0 Å². The highest BCUT2D eigenvalue weighted by molar-refractivity contribution is 5.67. The number of aromatic nitrogens is 1. The second kappa shape index (κ2) is 6.66. The summed E-state index contributed by atoms with van der Waals surface area (Å²) >= 11 is 0. The molecule has 1 amide bonds. The molecule has 1 heterocycles. The van der Waals surface area contributed by atoms with E-state index >= 15 is 0 Å². The predicted octanol–water partition coefficient (Wildman–Crippen LogP) is 1.51. The molecular formula is C14H20N4O2. The average molecular weight is 276 g/mol. The van der Waals surface area contributed by atoms with Gasteiger partial charge in [-0.1, -0.05) is 11.8 Å². The number of ether oxygens (including phenoxy) is 1. The molecule has 0 radical (unpaired) electrons. The fourth-order valence-electron chi connectivity index (χ4n) is 1.27. The zero-order valence-electron chi connectivity index (χ0n) is 12.0. The van der Waals surface area contributed by atoms with Crippen molar-refractivity contribution in [2.24, 2.45) is 0 Å². The quantitative estimate of drug-likeness (QED) is 0.561. The standard InChI is InChI=1S/C14H20N4O2/c1-14(2,3)20-13(19)17-7-5-4-6-10-8-11(15)12(16)18-9-10/h8-9H,5,7,15H2,1-3H3,(H2,16,18)(H,17,19). The van der Waals surface area contributed by atoms with Gasteiger partial charge in [-0.15, -0.1) is 0 Å². The largest absolute Gasteiger partial charge is 0.444 e. The first-order valence-corrected chi connectivity index (χ1v) is 6.24. The fraction of sp³-hybridized carbons (Fsp3) is 0.429. The smallest absolute Gasteiger partial charge is 0.407 e. The van der Waals surface area contributed by atoms with E-state index in [9.17, 15) is 4.79 Å². The van der Waals surface area contributed by atoms with Crippen LogP contribution in [0.15, 0.2) is 12.3 Å². The van der Waals surface area contributed by atoms with Crippen LogP contribution < -0.4 is 16.8 Å². The summed E-state index contributed by atoms with van der Waals surface area (Å²) in [5.41, 5.74) is 11.7. The molecule has 6 heteroatoms. The first-order chi connectivity index (χ1) is 9.28. The van der Waals surface area contributed by atoms with Crippen molar-refractivity contribution in [1.82, 2.24) is 10.3 Å². The lowest BCUT2D eigenvalue weighted by Crippen LogP contribution is -2.32. The molecule has 0 saturated carbocycles. The second-order valence-electron chi connectivity index (χ2n) is 5.18. The van der Waals surface area contributed by atoms with Gasteiger partial charge in [0.05, 0.1) is 5.69 Å². The van der Waals surface area contributed by atoms with Crippen molar-refractivity contribution in [3.63, 3.8) is 0 Å². The SMILES string of the molecule is CC(C)(C)OC(=O)NCCC#Cc1cnc(N)c(N)c1. The van der Waals surface area contributed by atoms with E-state index in [0.717, 1.165) is 0 Å². The number of pyridine rings is 1. The van der Waals surface area contributed by atoms with Gasteiger partial charge < -0.3 is 21.5 Å². The summed E-state index contributed by atoms with van der Waals surface area (Å²) in [5.74, 6) is 6.10. The Kier molecular flexibility index (Phi) is 5.21. The molecule has 0 aliphatic heterocycles. The fourth-order valence-corrected chi connectivity index (χ4v) is 1.27. The van der Waals surface area contributed by atoms with E-state index in [1.807, 2.05) is 20.8 Å². The number of alkyl carbamates (subject to hydrolysis) is 1. The Bertz CT molecular complexity index is 538. The highest BCUT2D eigenvalue weighted by Gasteiger charge is 2.15. The molecule has 0 aromatic carbocycles. The summed E-state index contributed by atoms with van der Waals surface area (Å²) in [4.78, 5) is 15.3. The molecular weight excluding hydrogens is 256 g/mol. The number of nitrogens with two attached hydrogens (primary N) is 2. The van der Waals surface area contributed by atoms with Crippen LogP contribution in [0.1, 0.15) is 32.8 Å².